The number of aryl methyl sites for hydroxylation is 1. The number of halogens is 1. The van der Waals surface area contributed by atoms with Crippen LogP contribution < -0.4 is 14.4 Å². The molecule has 0 radical (unpaired) electrons. The summed E-state index contributed by atoms with van der Waals surface area (Å²) in [6.07, 6.45) is 1.62. The van der Waals surface area contributed by atoms with Crippen molar-refractivity contribution in [2.45, 2.75) is 30.0 Å². The molecular formula is C32H28ClN3O5S2. The molecule has 1 amide bonds. The van der Waals surface area contributed by atoms with Crippen LogP contribution in [0.25, 0.3) is 5.76 Å². The molecule has 1 atom stereocenters. The number of aliphatic hydroxyl groups is 1. The number of aliphatic hydroxyl groups excluding tert-OH is 1. The number of hydrogen-bond acceptors (Lipinski definition) is 9. The van der Waals surface area contributed by atoms with E-state index in [4.69, 9.17) is 21.1 Å². The van der Waals surface area contributed by atoms with E-state index >= 15 is 0 Å². The van der Waals surface area contributed by atoms with E-state index in [0.29, 0.717) is 44.3 Å². The minimum Gasteiger partial charge on any atom is -0.507 e. The van der Waals surface area contributed by atoms with Gasteiger partial charge in [-0.3, -0.25) is 14.5 Å². The molecule has 11 heteroatoms. The van der Waals surface area contributed by atoms with Crippen LogP contribution in [-0.4, -0.2) is 40.2 Å². The molecular weight excluding hydrogens is 606 g/mol. The number of anilines is 1. The summed E-state index contributed by atoms with van der Waals surface area (Å²) in [5, 5.41) is 20.9. The van der Waals surface area contributed by atoms with Gasteiger partial charge in [0, 0.05) is 16.3 Å². The molecule has 5 rings (SSSR count). The molecule has 1 fully saturated rings. The molecule has 1 unspecified atom stereocenters. The van der Waals surface area contributed by atoms with E-state index < -0.39 is 17.7 Å². The van der Waals surface area contributed by atoms with E-state index in [2.05, 4.69) is 16.8 Å². The summed E-state index contributed by atoms with van der Waals surface area (Å²) < 4.78 is 12.2. The van der Waals surface area contributed by atoms with Crippen molar-refractivity contribution in [3.05, 3.63) is 112 Å². The second kappa shape index (κ2) is 13.5. The molecule has 0 spiro atoms. The SMILES string of the molecule is C=CCOc1ccc(C2/C(=C(\O)c3ccc(C)cc3)C(=O)C(=O)N2c2nnc(SCc3ccc(Cl)cc3)s2)cc1OCC. The summed E-state index contributed by atoms with van der Waals surface area (Å²) in [5.41, 5.74) is 2.94. The maximum Gasteiger partial charge on any atom is 0.301 e. The van der Waals surface area contributed by atoms with Gasteiger partial charge in [-0.1, -0.05) is 95.4 Å². The van der Waals surface area contributed by atoms with Crippen LogP contribution in [0, 0.1) is 6.92 Å². The molecule has 0 saturated carbocycles. The Morgan fingerprint density at radius 1 is 1.07 bits per heavy atom. The highest BCUT2D eigenvalue weighted by Crippen LogP contribution is 2.45. The number of ketones is 1. The summed E-state index contributed by atoms with van der Waals surface area (Å²) in [7, 11) is 0. The quantitative estimate of drug-likeness (QED) is 0.0456. The van der Waals surface area contributed by atoms with Crippen molar-refractivity contribution in [1.29, 1.82) is 0 Å². The average Bonchev–Trinajstić information content (AvgIpc) is 3.58. The third-order valence-electron chi connectivity index (χ3n) is 6.59. The monoisotopic (exact) mass is 633 g/mol. The van der Waals surface area contributed by atoms with Gasteiger partial charge in [0.05, 0.1) is 18.2 Å². The Morgan fingerprint density at radius 3 is 2.51 bits per heavy atom. The minimum absolute atomic E-state index is 0.0540. The second-order valence-corrected chi connectivity index (χ2v) is 12.2. The molecule has 1 aliphatic heterocycles. The topological polar surface area (TPSA) is 102 Å². The summed E-state index contributed by atoms with van der Waals surface area (Å²) in [4.78, 5) is 28.5. The van der Waals surface area contributed by atoms with Gasteiger partial charge in [0.15, 0.2) is 15.8 Å². The Morgan fingerprint density at radius 2 is 1.81 bits per heavy atom. The molecule has 1 aliphatic rings. The number of amides is 1. The van der Waals surface area contributed by atoms with Gasteiger partial charge in [0.2, 0.25) is 5.13 Å². The predicted molar refractivity (Wildman–Crippen MR) is 170 cm³/mol. The first kappa shape index (κ1) is 30.3. The smallest absolute Gasteiger partial charge is 0.301 e. The van der Waals surface area contributed by atoms with Crippen LogP contribution in [-0.2, 0) is 15.3 Å². The zero-order valence-corrected chi connectivity index (χ0v) is 25.8. The molecule has 0 bridgehead atoms. The van der Waals surface area contributed by atoms with Gasteiger partial charge < -0.3 is 14.6 Å². The fourth-order valence-electron chi connectivity index (χ4n) is 4.53. The van der Waals surface area contributed by atoms with Gasteiger partial charge in [0.25, 0.3) is 5.78 Å². The molecule has 43 heavy (non-hydrogen) atoms. The number of aromatic nitrogens is 2. The van der Waals surface area contributed by atoms with Crippen molar-refractivity contribution in [1.82, 2.24) is 10.2 Å². The van der Waals surface area contributed by atoms with E-state index in [9.17, 15) is 14.7 Å². The highest BCUT2D eigenvalue weighted by atomic mass is 35.5. The molecule has 4 aromatic rings. The van der Waals surface area contributed by atoms with Gasteiger partial charge in [0.1, 0.15) is 12.4 Å². The number of nitrogens with zero attached hydrogens (tertiary/aromatic N) is 3. The highest BCUT2D eigenvalue weighted by molar-refractivity contribution is 8.00. The van der Waals surface area contributed by atoms with Crippen molar-refractivity contribution in [3.63, 3.8) is 0 Å². The van der Waals surface area contributed by atoms with Crippen LogP contribution in [0.1, 0.15) is 35.2 Å². The molecule has 0 aliphatic carbocycles. The van der Waals surface area contributed by atoms with E-state index in [1.165, 1.54) is 28.0 Å². The Hall–Kier alpha value is -4.12. The van der Waals surface area contributed by atoms with E-state index in [1.54, 1.807) is 36.4 Å². The first-order valence-corrected chi connectivity index (χ1v) is 15.6. The normalized spacial score (nSPS) is 16.0. The maximum atomic E-state index is 13.6. The fraction of sp³-hybridized carbons (Fsp3) is 0.188. The van der Waals surface area contributed by atoms with Crippen molar-refractivity contribution >= 4 is 57.3 Å². The third kappa shape index (κ3) is 6.61. The van der Waals surface area contributed by atoms with Crippen molar-refractivity contribution < 1.29 is 24.2 Å². The summed E-state index contributed by atoms with van der Waals surface area (Å²) >= 11 is 8.65. The van der Waals surface area contributed by atoms with Crippen molar-refractivity contribution in [3.8, 4) is 11.5 Å². The predicted octanol–water partition coefficient (Wildman–Crippen LogP) is 7.38. The molecule has 220 valence electrons. The van der Waals surface area contributed by atoms with Gasteiger partial charge >= 0.3 is 5.91 Å². The Balaban J connectivity index is 1.57. The summed E-state index contributed by atoms with van der Waals surface area (Å²) in [5.74, 6) is -0.381. The van der Waals surface area contributed by atoms with Crippen LogP contribution in [0.4, 0.5) is 5.13 Å². The van der Waals surface area contributed by atoms with E-state index in [0.717, 1.165) is 11.1 Å². The summed E-state index contributed by atoms with van der Waals surface area (Å²) in [6.45, 7) is 8.09. The van der Waals surface area contributed by atoms with E-state index in [-0.39, 0.29) is 23.1 Å². The average molecular weight is 634 g/mol. The number of ether oxygens (including phenoxy) is 2. The highest BCUT2D eigenvalue weighted by Gasteiger charge is 2.48. The van der Waals surface area contributed by atoms with Gasteiger partial charge in [-0.2, -0.15) is 0 Å². The Labute approximate surface area is 262 Å². The van der Waals surface area contributed by atoms with Gasteiger partial charge in [-0.05, 0) is 49.2 Å². The van der Waals surface area contributed by atoms with Crippen molar-refractivity contribution in [2.24, 2.45) is 0 Å². The first-order valence-electron chi connectivity index (χ1n) is 13.4. The molecule has 1 N–H and O–H groups in total. The zero-order chi connectivity index (χ0) is 30.5. The number of thioether (sulfide) groups is 1. The number of benzene rings is 3. The molecule has 1 saturated heterocycles. The second-order valence-electron chi connectivity index (χ2n) is 9.54. The zero-order valence-electron chi connectivity index (χ0n) is 23.5. The summed E-state index contributed by atoms with van der Waals surface area (Å²) in [6, 6.07) is 18.8. The lowest BCUT2D eigenvalue weighted by atomic mass is 9.95. The molecule has 3 aromatic carbocycles. The molecule has 2 heterocycles. The first-order chi connectivity index (χ1) is 20.8. The Bertz CT molecular complexity index is 1690. The minimum atomic E-state index is -0.990. The largest absolute Gasteiger partial charge is 0.507 e. The lowest BCUT2D eigenvalue weighted by Gasteiger charge is -2.23. The maximum absolute atomic E-state index is 13.6. The van der Waals surface area contributed by atoms with Crippen LogP contribution in [0.5, 0.6) is 11.5 Å². The lowest BCUT2D eigenvalue weighted by Crippen LogP contribution is -2.29. The number of hydrogen-bond donors (Lipinski definition) is 1. The molecule has 8 nitrogen and oxygen atoms in total. The van der Waals surface area contributed by atoms with Crippen LogP contribution in [0.2, 0.25) is 5.02 Å². The number of carbonyl (C=O) groups is 2. The number of carbonyl (C=O) groups excluding carboxylic acids is 2. The van der Waals surface area contributed by atoms with Crippen LogP contribution >= 0.6 is 34.7 Å². The fourth-order valence-corrected chi connectivity index (χ4v) is 6.48. The number of Topliss-reactive ketones (excluding diaryl/α,β-unsaturated/α-hetero) is 1. The van der Waals surface area contributed by atoms with E-state index in [1.807, 2.05) is 50.2 Å². The third-order valence-corrected chi connectivity index (χ3v) is 8.97. The molecule has 1 aromatic heterocycles. The number of rotatable bonds is 11. The van der Waals surface area contributed by atoms with Crippen molar-refractivity contribution in [2.75, 3.05) is 18.1 Å². The standard InChI is InChI=1S/C32H28ClN3O5S2/c1-4-16-41-24-15-12-22(17-25(24)40-5-2)27-26(28(37)21-10-6-19(3)7-11-21)29(38)30(39)36(27)31-34-35-32(43-31)42-18-20-8-13-23(33)14-9-20/h4,6-15,17,27,37H,1,5,16,18H2,2-3H3/b28-26+. The van der Waals surface area contributed by atoms with Gasteiger partial charge in [-0.25, -0.2) is 0 Å². The van der Waals surface area contributed by atoms with Gasteiger partial charge in [-0.15, -0.1) is 10.2 Å². The van der Waals surface area contributed by atoms with Crippen LogP contribution in [0.3, 0.4) is 0 Å². The lowest BCUT2D eigenvalue weighted by molar-refractivity contribution is -0.132. The van der Waals surface area contributed by atoms with Crippen LogP contribution in [0.15, 0.2) is 89.3 Å². The Kier molecular flexibility index (Phi) is 9.49.